The van der Waals surface area contributed by atoms with Gasteiger partial charge in [-0.15, -0.1) is 11.8 Å². The number of nitrogens with one attached hydrogen (secondary N) is 2. The molecule has 2 N–H and O–H groups in total. The second kappa shape index (κ2) is 6.71. The molecule has 5 heteroatoms. The van der Waals surface area contributed by atoms with Crippen LogP contribution in [0.3, 0.4) is 0 Å². The molecule has 1 aromatic carbocycles. The fourth-order valence-electron chi connectivity index (χ4n) is 3.03. The molecule has 1 saturated carbocycles. The van der Waals surface area contributed by atoms with E-state index in [2.05, 4.69) is 45.6 Å². The lowest BCUT2D eigenvalue weighted by molar-refractivity contribution is -0.117. The number of benzene rings is 1. The Kier molecular flexibility index (Phi) is 4.92. The van der Waals surface area contributed by atoms with E-state index in [0.29, 0.717) is 0 Å². The lowest BCUT2D eigenvalue weighted by Gasteiger charge is -2.14. The number of hydrogen-bond acceptors (Lipinski definition) is 3. The number of carbonyl (C=O) groups is 1. The zero-order valence-corrected chi connectivity index (χ0v) is 14.6. The molecule has 2 aliphatic rings. The lowest BCUT2D eigenvalue weighted by atomic mass is 10.1. The van der Waals surface area contributed by atoms with Crippen molar-refractivity contribution in [3.05, 3.63) is 22.2 Å². The average Bonchev–Trinajstić information content (AvgIpc) is 3.05. The van der Waals surface area contributed by atoms with Gasteiger partial charge >= 0.3 is 0 Å². The third-order valence-corrected chi connectivity index (χ3v) is 6.44. The van der Waals surface area contributed by atoms with Crippen molar-refractivity contribution >= 4 is 39.3 Å². The van der Waals surface area contributed by atoms with Gasteiger partial charge in [-0.1, -0.05) is 19.8 Å². The van der Waals surface area contributed by atoms with Gasteiger partial charge in [0.1, 0.15) is 6.04 Å². The van der Waals surface area contributed by atoms with Crippen molar-refractivity contribution in [3.8, 4) is 0 Å². The first kappa shape index (κ1) is 15.4. The Balaban J connectivity index is 1.81. The van der Waals surface area contributed by atoms with Crippen LogP contribution in [-0.2, 0) is 4.79 Å². The molecule has 1 aromatic rings. The normalized spacial score (nSPS) is 21.6. The van der Waals surface area contributed by atoms with Crippen LogP contribution in [0.1, 0.15) is 50.6 Å². The summed E-state index contributed by atoms with van der Waals surface area (Å²) in [5, 5.41) is 7.06. The summed E-state index contributed by atoms with van der Waals surface area (Å²) in [5.41, 5.74) is 2.04. The average molecular weight is 369 g/mol. The SMILES string of the molecule is CCCNC1C(=O)Nc2cc(SC3CCCC3)c(Br)cc21. The number of carbonyl (C=O) groups excluding carboxylic acids is 1. The molecule has 0 spiro atoms. The molecule has 1 aliphatic heterocycles. The number of thioether (sulfide) groups is 1. The molecule has 0 bridgehead atoms. The van der Waals surface area contributed by atoms with Crippen LogP contribution in [0, 0.1) is 0 Å². The van der Waals surface area contributed by atoms with E-state index in [-0.39, 0.29) is 11.9 Å². The molecule has 3 rings (SSSR count). The first-order valence-electron chi connectivity index (χ1n) is 7.73. The van der Waals surface area contributed by atoms with Crippen molar-refractivity contribution < 1.29 is 4.79 Å². The Bertz CT molecular complexity index is 543. The van der Waals surface area contributed by atoms with Gasteiger partial charge in [0.05, 0.1) is 0 Å². The molecular formula is C16H21BrN2OS. The maximum atomic E-state index is 12.1. The monoisotopic (exact) mass is 368 g/mol. The molecule has 114 valence electrons. The lowest BCUT2D eigenvalue weighted by Crippen LogP contribution is -2.28. The predicted octanol–water partition coefficient (Wildman–Crippen LogP) is 4.48. The molecule has 1 unspecified atom stereocenters. The second-order valence-corrected chi connectivity index (χ2v) is 7.97. The third kappa shape index (κ3) is 3.30. The number of halogens is 1. The van der Waals surface area contributed by atoms with E-state index in [4.69, 9.17) is 0 Å². The summed E-state index contributed by atoms with van der Waals surface area (Å²) in [6.45, 7) is 2.96. The maximum absolute atomic E-state index is 12.1. The third-order valence-electron chi connectivity index (χ3n) is 4.13. The Labute approximate surface area is 138 Å². The minimum Gasteiger partial charge on any atom is -0.324 e. The van der Waals surface area contributed by atoms with Gasteiger partial charge in [-0.2, -0.15) is 0 Å². The molecule has 3 nitrogen and oxygen atoms in total. The number of rotatable bonds is 5. The standard InChI is InChI=1S/C16H21BrN2OS/c1-2-7-18-15-11-8-12(17)14(9-13(11)19-16(15)20)21-10-5-3-4-6-10/h8-10,15,18H,2-7H2,1H3,(H,19,20). The second-order valence-electron chi connectivity index (χ2n) is 5.77. The van der Waals surface area contributed by atoms with Crippen LogP contribution in [0.25, 0.3) is 0 Å². The van der Waals surface area contributed by atoms with Crippen LogP contribution in [0.4, 0.5) is 5.69 Å². The summed E-state index contributed by atoms with van der Waals surface area (Å²) in [6.07, 6.45) is 6.33. The molecule has 1 fully saturated rings. The summed E-state index contributed by atoms with van der Waals surface area (Å²) >= 11 is 5.63. The van der Waals surface area contributed by atoms with E-state index in [1.54, 1.807) is 0 Å². The number of fused-ring (bicyclic) bond motifs is 1. The number of amides is 1. The number of anilines is 1. The van der Waals surface area contributed by atoms with Gasteiger partial charge in [0.15, 0.2) is 0 Å². The van der Waals surface area contributed by atoms with Crippen LogP contribution >= 0.6 is 27.7 Å². The van der Waals surface area contributed by atoms with Gasteiger partial charge in [-0.3, -0.25) is 4.79 Å². The first-order chi connectivity index (χ1) is 10.2. The van der Waals surface area contributed by atoms with E-state index in [0.717, 1.165) is 33.9 Å². The summed E-state index contributed by atoms with van der Waals surface area (Å²) < 4.78 is 1.11. The van der Waals surface area contributed by atoms with E-state index < -0.39 is 0 Å². The molecule has 1 amide bonds. The van der Waals surface area contributed by atoms with E-state index in [1.807, 2.05) is 11.8 Å². The molecule has 0 saturated heterocycles. The van der Waals surface area contributed by atoms with Gasteiger partial charge in [-0.05, 0) is 53.9 Å². The van der Waals surface area contributed by atoms with E-state index >= 15 is 0 Å². The highest BCUT2D eigenvalue weighted by Crippen LogP contribution is 2.43. The molecule has 1 heterocycles. The molecule has 1 atom stereocenters. The van der Waals surface area contributed by atoms with Gasteiger partial charge in [-0.25, -0.2) is 0 Å². The highest BCUT2D eigenvalue weighted by atomic mass is 79.9. The summed E-state index contributed by atoms with van der Waals surface area (Å²) in [4.78, 5) is 13.4. The first-order valence-corrected chi connectivity index (χ1v) is 9.40. The van der Waals surface area contributed by atoms with Gasteiger partial charge in [0.2, 0.25) is 5.91 Å². The van der Waals surface area contributed by atoms with Crippen molar-refractivity contribution in [3.63, 3.8) is 0 Å². The zero-order chi connectivity index (χ0) is 14.8. The Morgan fingerprint density at radius 1 is 1.38 bits per heavy atom. The summed E-state index contributed by atoms with van der Waals surface area (Å²) in [7, 11) is 0. The Hall–Kier alpha value is -0.520. The van der Waals surface area contributed by atoms with Crippen LogP contribution in [-0.4, -0.2) is 17.7 Å². The van der Waals surface area contributed by atoms with Crippen LogP contribution in [0.5, 0.6) is 0 Å². The van der Waals surface area contributed by atoms with E-state index in [9.17, 15) is 4.79 Å². The summed E-state index contributed by atoms with van der Waals surface area (Å²) in [5.74, 6) is 0.0633. The molecule has 21 heavy (non-hydrogen) atoms. The Morgan fingerprint density at radius 2 is 2.14 bits per heavy atom. The Morgan fingerprint density at radius 3 is 2.86 bits per heavy atom. The van der Waals surface area contributed by atoms with Crippen LogP contribution < -0.4 is 10.6 Å². The van der Waals surface area contributed by atoms with E-state index in [1.165, 1.54) is 30.6 Å². The number of hydrogen-bond donors (Lipinski definition) is 2. The zero-order valence-electron chi connectivity index (χ0n) is 12.2. The topological polar surface area (TPSA) is 41.1 Å². The predicted molar refractivity (Wildman–Crippen MR) is 91.9 cm³/mol. The van der Waals surface area contributed by atoms with Gasteiger partial charge in [0.25, 0.3) is 0 Å². The summed E-state index contributed by atoms with van der Waals surface area (Å²) in [6, 6.07) is 4.04. The van der Waals surface area contributed by atoms with Gasteiger partial charge < -0.3 is 10.6 Å². The van der Waals surface area contributed by atoms with Crippen molar-refractivity contribution in [2.75, 3.05) is 11.9 Å². The molecular weight excluding hydrogens is 348 g/mol. The fraction of sp³-hybridized carbons (Fsp3) is 0.562. The van der Waals surface area contributed by atoms with Crippen LogP contribution in [0.2, 0.25) is 0 Å². The van der Waals surface area contributed by atoms with Crippen molar-refractivity contribution in [1.82, 2.24) is 5.32 Å². The molecule has 0 aromatic heterocycles. The minimum atomic E-state index is -0.207. The molecule has 1 aliphatic carbocycles. The van der Waals surface area contributed by atoms with Crippen molar-refractivity contribution in [1.29, 1.82) is 0 Å². The highest BCUT2D eigenvalue weighted by Gasteiger charge is 2.31. The minimum absolute atomic E-state index is 0.0633. The smallest absolute Gasteiger partial charge is 0.246 e. The maximum Gasteiger partial charge on any atom is 0.246 e. The largest absolute Gasteiger partial charge is 0.324 e. The van der Waals surface area contributed by atoms with Crippen LogP contribution in [0.15, 0.2) is 21.5 Å². The van der Waals surface area contributed by atoms with Crippen molar-refractivity contribution in [2.45, 2.75) is 55.2 Å². The van der Waals surface area contributed by atoms with Crippen molar-refractivity contribution in [2.24, 2.45) is 0 Å². The highest BCUT2D eigenvalue weighted by molar-refractivity contribution is 9.10. The quantitative estimate of drug-likeness (QED) is 0.804. The van der Waals surface area contributed by atoms with Gasteiger partial charge in [0, 0.05) is 25.9 Å². The fourth-order valence-corrected chi connectivity index (χ4v) is 4.96. The molecule has 0 radical (unpaired) electrons.